The molecule has 1 amide bonds. The van der Waals surface area contributed by atoms with Crippen LogP contribution in [0.3, 0.4) is 0 Å². The highest BCUT2D eigenvalue weighted by atomic mass is 35.5. The molecule has 8 nitrogen and oxygen atoms in total. The lowest BCUT2D eigenvalue weighted by Gasteiger charge is -2.07. The van der Waals surface area contributed by atoms with Crippen LogP contribution in [-0.2, 0) is 4.74 Å². The Hall–Kier alpha value is -1.64. The number of carbonyl (C=O) groups excluding carboxylic acids is 1. The fourth-order valence-corrected chi connectivity index (χ4v) is 1.24. The summed E-state index contributed by atoms with van der Waals surface area (Å²) in [5.41, 5.74) is 16.1. The SMILES string of the molecule is NCCOCCNC(=O)c1nc(Cl)c(N)nc1N. The summed E-state index contributed by atoms with van der Waals surface area (Å²) in [7, 11) is 0. The third-order valence-corrected chi connectivity index (χ3v) is 2.19. The molecule has 0 radical (unpaired) electrons. The molecule has 0 aliphatic carbocycles. The molecular weight excluding hydrogens is 260 g/mol. The topological polar surface area (TPSA) is 142 Å². The summed E-state index contributed by atoms with van der Waals surface area (Å²) in [6, 6.07) is 0. The van der Waals surface area contributed by atoms with Gasteiger partial charge in [-0.3, -0.25) is 4.79 Å². The van der Waals surface area contributed by atoms with Crippen LogP contribution < -0.4 is 22.5 Å². The average Bonchev–Trinajstić information content (AvgIpc) is 2.33. The van der Waals surface area contributed by atoms with Gasteiger partial charge in [0, 0.05) is 13.1 Å². The summed E-state index contributed by atoms with van der Waals surface area (Å²) in [4.78, 5) is 19.2. The molecule has 1 heterocycles. The molecule has 1 rings (SSSR count). The number of aromatic nitrogens is 2. The van der Waals surface area contributed by atoms with E-state index in [0.717, 1.165) is 0 Å². The second-order valence-corrected chi connectivity index (χ2v) is 3.65. The van der Waals surface area contributed by atoms with Crippen LogP contribution >= 0.6 is 11.6 Å². The second-order valence-electron chi connectivity index (χ2n) is 3.29. The van der Waals surface area contributed by atoms with E-state index < -0.39 is 5.91 Å². The first-order valence-corrected chi connectivity index (χ1v) is 5.58. The van der Waals surface area contributed by atoms with Gasteiger partial charge in [-0.25, -0.2) is 9.97 Å². The van der Waals surface area contributed by atoms with Crippen molar-refractivity contribution in [2.45, 2.75) is 0 Å². The summed E-state index contributed by atoms with van der Waals surface area (Å²) in [5, 5.41) is 2.50. The number of hydrogen-bond donors (Lipinski definition) is 4. The minimum Gasteiger partial charge on any atom is -0.382 e. The number of amides is 1. The third kappa shape index (κ3) is 3.99. The molecule has 0 spiro atoms. The van der Waals surface area contributed by atoms with Gasteiger partial charge in [-0.05, 0) is 0 Å². The Labute approximate surface area is 109 Å². The van der Waals surface area contributed by atoms with Crippen LogP contribution in [0.2, 0.25) is 5.15 Å². The molecule has 7 N–H and O–H groups in total. The Balaban J connectivity index is 2.54. The molecule has 0 atom stereocenters. The molecule has 100 valence electrons. The average molecular weight is 275 g/mol. The molecule has 0 bridgehead atoms. The Kier molecular flexibility index (Phi) is 5.56. The maximum Gasteiger partial charge on any atom is 0.273 e. The van der Waals surface area contributed by atoms with Crippen molar-refractivity contribution in [3.63, 3.8) is 0 Å². The van der Waals surface area contributed by atoms with Gasteiger partial charge in [0.05, 0.1) is 13.2 Å². The standard InChI is InChI=1S/C9H15ClN6O2/c10-6-8(13)16-7(12)5(15-6)9(17)14-2-4-18-3-1-11/h1-4,11H2,(H,14,17)(H4,12,13,16). The molecule has 0 saturated carbocycles. The molecule has 0 aliphatic rings. The van der Waals surface area contributed by atoms with Crippen LogP contribution in [0, 0.1) is 0 Å². The number of anilines is 2. The van der Waals surface area contributed by atoms with Crippen LogP contribution in [0.5, 0.6) is 0 Å². The predicted octanol–water partition coefficient (Wildman–Crippen LogP) is -1.00. The number of nitrogens with two attached hydrogens (primary N) is 3. The van der Waals surface area contributed by atoms with Crippen LogP contribution in [0.15, 0.2) is 0 Å². The summed E-state index contributed by atoms with van der Waals surface area (Å²) >= 11 is 5.66. The van der Waals surface area contributed by atoms with E-state index in [9.17, 15) is 4.79 Å². The number of ether oxygens (including phenoxy) is 1. The molecule has 0 unspecified atom stereocenters. The molecule has 1 aromatic heterocycles. The normalized spacial score (nSPS) is 10.3. The smallest absolute Gasteiger partial charge is 0.273 e. The lowest BCUT2D eigenvalue weighted by Crippen LogP contribution is -2.29. The van der Waals surface area contributed by atoms with Gasteiger partial charge in [0.1, 0.15) is 0 Å². The number of nitrogen functional groups attached to an aromatic ring is 2. The Morgan fingerprint density at radius 3 is 2.67 bits per heavy atom. The fourth-order valence-electron chi connectivity index (χ4n) is 1.11. The maximum atomic E-state index is 11.7. The lowest BCUT2D eigenvalue weighted by atomic mass is 10.3. The molecule has 0 aromatic carbocycles. The monoisotopic (exact) mass is 274 g/mol. The van der Waals surface area contributed by atoms with Gasteiger partial charge in [0.25, 0.3) is 5.91 Å². The van der Waals surface area contributed by atoms with Crippen LogP contribution in [-0.4, -0.2) is 42.2 Å². The van der Waals surface area contributed by atoms with E-state index in [1.807, 2.05) is 0 Å². The summed E-state index contributed by atoms with van der Waals surface area (Å²) in [6.07, 6.45) is 0. The maximum absolute atomic E-state index is 11.7. The van der Waals surface area contributed by atoms with Crippen LogP contribution in [0.1, 0.15) is 10.5 Å². The highest BCUT2D eigenvalue weighted by molar-refractivity contribution is 6.31. The number of hydrogen-bond acceptors (Lipinski definition) is 7. The lowest BCUT2D eigenvalue weighted by molar-refractivity contribution is 0.0915. The molecule has 1 aromatic rings. The third-order valence-electron chi connectivity index (χ3n) is 1.91. The molecule has 18 heavy (non-hydrogen) atoms. The first-order valence-electron chi connectivity index (χ1n) is 5.20. The number of carbonyl (C=O) groups is 1. The van der Waals surface area contributed by atoms with Crippen molar-refractivity contribution in [2.24, 2.45) is 5.73 Å². The highest BCUT2D eigenvalue weighted by Crippen LogP contribution is 2.16. The van der Waals surface area contributed by atoms with Crippen LogP contribution in [0.25, 0.3) is 0 Å². The number of rotatable bonds is 6. The van der Waals surface area contributed by atoms with Gasteiger partial charge < -0.3 is 27.3 Å². The first-order chi connectivity index (χ1) is 8.56. The molecule has 0 aliphatic heterocycles. The summed E-state index contributed by atoms with van der Waals surface area (Å²) in [6.45, 7) is 1.52. The summed E-state index contributed by atoms with van der Waals surface area (Å²) < 4.78 is 5.09. The van der Waals surface area contributed by atoms with Gasteiger partial charge in [0.2, 0.25) is 0 Å². The molecule has 0 saturated heterocycles. The summed E-state index contributed by atoms with van der Waals surface area (Å²) in [5.74, 6) is -0.576. The van der Waals surface area contributed by atoms with Crippen LogP contribution in [0.4, 0.5) is 11.6 Å². The first kappa shape index (κ1) is 14.4. The minimum atomic E-state index is -0.488. The van der Waals surface area contributed by atoms with Crippen molar-refractivity contribution >= 4 is 29.1 Å². The fraction of sp³-hybridized carbons (Fsp3) is 0.444. The Morgan fingerprint density at radius 1 is 1.28 bits per heavy atom. The van der Waals surface area contributed by atoms with Crippen molar-refractivity contribution in [2.75, 3.05) is 37.8 Å². The van der Waals surface area contributed by atoms with E-state index in [0.29, 0.717) is 26.3 Å². The zero-order valence-corrected chi connectivity index (χ0v) is 10.4. The van der Waals surface area contributed by atoms with Crippen molar-refractivity contribution in [3.05, 3.63) is 10.8 Å². The molecule has 9 heteroatoms. The van der Waals surface area contributed by atoms with Crippen molar-refractivity contribution < 1.29 is 9.53 Å². The van der Waals surface area contributed by atoms with Crippen molar-refractivity contribution in [1.82, 2.24) is 15.3 Å². The zero-order valence-electron chi connectivity index (χ0n) is 9.65. The quantitative estimate of drug-likeness (QED) is 0.487. The van der Waals surface area contributed by atoms with E-state index in [2.05, 4.69) is 15.3 Å². The van der Waals surface area contributed by atoms with Gasteiger partial charge in [-0.15, -0.1) is 0 Å². The zero-order chi connectivity index (χ0) is 13.5. The van der Waals surface area contributed by atoms with Gasteiger partial charge >= 0.3 is 0 Å². The molecule has 0 fully saturated rings. The number of nitrogens with zero attached hydrogens (tertiary/aromatic N) is 2. The van der Waals surface area contributed by atoms with Gasteiger partial charge in [0.15, 0.2) is 22.5 Å². The minimum absolute atomic E-state index is 0.0167. The van der Waals surface area contributed by atoms with E-state index in [4.69, 9.17) is 33.5 Å². The van der Waals surface area contributed by atoms with Crippen molar-refractivity contribution in [1.29, 1.82) is 0 Å². The predicted molar refractivity (Wildman–Crippen MR) is 68.1 cm³/mol. The Bertz CT molecular complexity index is 428. The second kappa shape index (κ2) is 6.94. The van der Waals surface area contributed by atoms with E-state index in [1.165, 1.54) is 0 Å². The number of nitrogens with one attached hydrogen (secondary N) is 1. The van der Waals surface area contributed by atoms with E-state index in [1.54, 1.807) is 0 Å². The van der Waals surface area contributed by atoms with Gasteiger partial charge in [-0.2, -0.15) is 0 Å². The van der Waals surface area contributed by atoms with E-state index in [-0.39, 0.29) is 22.5 Å². The number of halogens is 1. The van der Waals surface area contributed by atoms with Crippen molar-refractivity contribution in [3.8, 4) is 0 Å². The van der Waals surface area contributed by atoms with E-state index >= 15 is 0 Å². The molecular formula is C9H15ClN6O2. The Morgan fingerprint density at radius 2 is 2.00 bits per heavy atom. The highest BCUT2D eigenvalue weighted by Gasteiger charge is 2.15. The largest absolute Gasteiger partial charge is 0.382 e. The van der Waals surface area contributed by atoms with Gasteiger partial charge in [-0.1, -0.05) is 11.6 Å².